The van der Waals surface area contributed by atoms with Crippen LogP contribution in [0.3, 0.4) is 0 Å². The number of carbonyl (C=O) groups is 1. The van der Waals surface area contributed by atoms with E-state index >= 15 is 0 Å². The Morgan fingerprint density at radius 2 is 1.97 bits per heavy atom. The molecule has 0 spiro atoms. The number of rotatable bonds is 4. The lowest BCUT2D eigenvalue weighted by molar-refractivity contribution is -0.118. The number of pyridine rings is 1. The quantitative estimate of drug-likeness (QED) is 0.499. The Morgan fingerprint density at radius 3 is 2.68 bits per heavy atom. The third-order valence-corrected chi connectivity index (χ3v) is 6.27. The van der Waals surface area contributed by atoms with Crippen molar-refractivity contribution >= 4 is 45.8 Å². The van der Waals surface area contributed by atoms with Crippen LogP contribution in [0.5, 0.6) is 0 Å². The number of fused-ring (bicyclic) bond motifs is 1. The second kappa shape index (κ2) is 7.75. The lowest BCUT2D eigenvalue weighted by atomic mass is 10.2. The van der Waals surface area contributed by atoms with Gasteiger partial charge in [-0.25, -0.2) is 14.8 Å². The Bertz CT molecular complexity index is 1450. The number of thiazole rings is 1. The molecule has 4 heterocycles. The molecule has 0 saturated heterocycles. The number of carbonyl (C=O) groups excluding carboxylic acids is 1. The summed E-state index contributed by atoms with van der Waals surface area (Å²) in [6.45, 7) is 3.45. The van der Waals surface area contributed by atoms with Gasteiger partial charge in [0.1, 0.15) is 16.9 Å². The summed E-state index contributed by atoms with van der Waals surface area (Å²) in [6.07, 6.45) is 3.05. The number of nitrogens with one attached hydrogen (secondary N) is 1. The lowest BCUT2D eigenvalue weighted by Crippen LogP contribution is -2.38. The smallest absolute Gasteiger partial charge is 0.312 e. The highest BCUT2D eigenvalue weighted by molar-refractivity contribution is 7.13. The highest BCUT2D eigenvalue weighted by atomic mass is 35.5. The van der Waals surface area contributed by atoms with Crippen molar-refractivity contribution in [3.8, 4) is 10.6 Å². The minimum Gasteiger partial charge on any atom is -0.312 e. The van der Waals surface area contributed by atoms with E-state index in [4.69, 9.17) is 11.6 Å². The van der Waals surface area contributed by atoms with Gasteiger partial charge in [-0.2, -0.15) is 0 Å². The maximum Gasteiger partial charge on any atom is 0.332 e. The Morgan fingerprint density at radius 1 is 1.23 bits per heavy atom. The molecule has 4 aromatic rings. The minimum absolute atomic E-state index is 0.173. The summed E-state index contributed by atoms with van der Waals surface area (Å²) in [5, 5.41) is 5.66. The molecule has 0 fully saturated rings. The van der Waals surface area contributed by atoms with E-state index in [-0.39, 0.29) is 17.1 Å². The Kier molecular flexibility index (Phi) is 5.23. The van der Waals surface area contributed by atoms with Gasteiger partial charge in [-0.05, 0) is 19.9 Å². The molecule has 12 heteroatoms. The van der Waals surface area contributed by atoms with Crippen molar-refractivity contribution in [2.45, 2.75) is 19.9 Å². The van der Waals surface area contributed by atoms with Crippen molar-refractivity contribution < 1.29 is 4.79 Å². The summed E-state index contributed by atoms with van der Waals surface area (Å²) in [7, 11) is 2.91. The van der Waals surface area contributed by atoms with E-state index in [1.54, 1.807) is 24.6 Å². The van der Waals surface area contributed by atoms with Crippen LogP contribution >= 0.6 is 22.9 Å². The van der Waals surface area contributed by atoms with E-state index < -0.39 is 17.3 Å². The fourth-order valence-corrected chi connectivity index (χ4v) is 4.00. The van der Waals surface area contributed by atoms with Gasteiger partial charge in [0.25, 0.3) is 5.56 Å². The highest BCUT2D eigenvalue weighted by Crippen LogP contribution is 2.28. The van der Waals surface area contributed by atoms with Gasteiger partial charge < -0.3 is 9.88 Å². The predicted molar refractivity (Wildman–Crippen MR) is 119 cm³/mol. The average Bonchev–Trinajstić information content (AvgIpc) is 3.39. The van der Waals surface area contributed by atoms with E-state index in [1.165, 1.54) is 40.9 Å². The highest BCUT2D eigenvalue weighted by Gasteiger charge is 2.22. The van der Waals surface area contributed by atoms with E-state index in [2.05, 4.69) is 20.3 Å². The molecule has 0 aliphatic carbocycles. The molecule has 4 rings (SSSR count). The fourth-order valence-electron chi connectivity index (χ4n) is 3.10. The van der Waals surface area contributed by atoms with Crippen LogP contribution in [0.1, 0.15) is 18.7 Å². The number of imidazole rings is 1. The summed E-state index contributed by atoms with van der Waals surface area (Å²) in [5.41, 5.74) is 0.856. The fraction of sp³-hybridized carbons (Fsp3) is 0.263. The van der Waals surface area contributed by atoms with Crippen molar-refractivity contribution in [1.29, 1.82) is 0 Å². The van der Waals surface area contributed by atoms with Crippen LogP contribution < -0.4 is 16.6 Å². The maximum atomic E-state index is 12.8. The first-order chi connectivity index (χ1) is 14.7. The second-order valence-electron chi connectivity index (χ2n) is 7.02. The third-order valence-electron chi connectivity index (χ3n) is 5.00. The van der Waals surface area contributed by atoms with E-state index in [0.29, 0.717) is 15.8 Å². The van der Waals surface area contributed by atoms with Crippen LogP contribution in [0.4, 0.5) is 5.82 Å². The summed E-state index contributed by atoms with van der Waals surface area (Å²) in [4.78, 5) is 50.3. The van der Waals surface area contributed by atoms with Gasteiger partial charge in [-0.3, -0.25) is 23.7 Å². The molecule has 0 saturated carbocycles. The van der Waals surface area contributed by atoms with Crippen molar-refractivity contribution in [2.75, 3.05) is 5.32 Å². The minimum atomic E-state index is -0.768. The standard InChI is InChI=1S/C19H18ClN7O3S/c1-9-12(20)5-11(6-21-9)17-24-13(7-31-17)23-16(28)10(2)27-8-22-15-14(27)18(29)26(4)19(30)25(15)3/h5-8,10H,1-4H3,(H,23,28). The van der Waals surface area contributed by atoms with Crippen molar-refractivity contribution in [2.24, 2.45) is 14.1 Å². The molecule has 10 nitrogen and oxygen atoms in total. The van der Waals surface area contributed by atoms with E-state index in [1.807, 2.05) is 6.92 Å². The van der Waals surface area contributed by atoms with Crippen LogP contribution in [0.2, 0.25) is 5.02 Å². The van der Waals surface area contributed by atoms with Gasteiger partial charge >= 0.3 is 5.69 Å². The van der Waals surface area contributed by atoms with Gasteiger partial charge in [-0.15, -0.1) is 11.3 Å². The van der Waals surface area contributed by atoms with Crippen LogP contribution in [0, 0.1) is 6.92 Å². The SMILES string of the molecule is Cc1ncc(-c2nc(NC(=O)C(C)n3cnc4c3c(=O)n(C)c(=O)n4C)cs2)cc1Cl. The van der Waals surface area contributed by atoms with Gasteiger partial charge in [0.2, 0.25) is 5.91 Å². The van der Waals surface area contributed by atoms with Gasteiger partial charge in [0.15, 0.2) is 11.2 Å². The van der Waals surface area contributed by atoms with Crippen LogP contribution in [0.15, 0.2) is 33.6 Å². The zero-order valence-electron chi connectivity index (χ0n) is 17.1. The number of anilines is 1. The van der Waals surface area contributed by atoms with Gasteiger partial charge in [-0.1, -0.05) is 11.6 Å². The predicted octanol–water partition coefficient (Wildman–Crippen LogP) is 2.11. The molecular formula is C19H18ClN7O3S. The Balaban J connectivity index is 1.62. The maximum absolute atomic E-state index is 12.8. The normalized spacial score (nSPS) is 12.3. The average molecular weight is 460 g/mol. The van der Waals surface area contributed by atoms with Crippen LogP contribution in [-0.2, 0) is 18.9 Å². The van der Waals surface area contributed by atoms with E-state index in [0.717, 1.165) is 15.8 Å². The summed E-state index contributed by atoms with van der Waals surface area (Å²) in [5.74, 6) is -0.00890. The number of aryl methyl sites for hydroxylation is 2. The molecule has 0 radical (unpaired) electrons. The number of amides is 1. The Labute approximate surface area is 184 Å². The topological polar surface area (TPSA) is 117 Å². The molecule has 0 aliphatic heterocycles. The summed E-state index contributed by atoms with van der Waals surface area (Å²) >= 11 is 7.48. The number of hydrogen-bond acceptors (Lipinski definition) is 7. The molecule has 0 aliphatic rings. The third kappa shape index (κ3) is 3.55. The van der Waals surface area contributed by atoms with Crippen molar-refractivity contribution in [1.82, 2.24) is 28.7 Å². The largest absolute Gasteiger partial charge is 0.332 e. The first-order valence-electron chi connectivity index (χ1n) is 9.20. The molecule has 1 amide bonds. The van der Waals surface area contributed by atoms with Crippen molar-refractivity contribution in [3.05, 3.63) is 55.5 Å². The number of nitrogens with zero attached hydrogens (tertiary/aromatic N) is 6. The number of hydrogen-bond donors (Lipinski definition) is 1. The monoisotopic (exact) mass is 459 g/mol. The lowest BCUT2D eigenvalue weighted by Gasteiger charge is -2.13. The van der Waals surface area contributed by atoms with Gasteiger partial charge in [0.05, 0.1) is 17.0 Å². The molecule has 160 valence electrons. The zero-order valence-corrected chi connectivity index (χ0v) is 18.7. The van der Waals surface area contributed by atoms with Gasteiger partial charge in [0, 0.05) is 31.2 Å². The Hall–Kier alpha value is -3.31. The first-order valence-corrected chi connectivity index (χ1v) is 10.5. The molecule has 1 atom stereocenters. The summed E-state index contributed by atoms with van der Waals surface area (Å²) < 4.78 is 3.70. The molecule has 4 aromatic heterocycles. The number of halogens is 1. The molecular weight excluding hydrogens is 442 g/mol. The molecule has 31 heavy (non-hydrogen) atoms. The molecule has 1 N–H and O–H groups in total. The zero-order chi connectivity index (χ0) is 22.4. The second-order valence-corrected chi connectivity index (χ2v) is 8.29. The van der Waals surface area contributed by atoms with E-state index in [9.17, 15) is 14.4 Å². The van der Waals surface area contributed by atoms with Crippen molar-refractivity contribution in [3.63, 3.8) is 0 Å². The van der Waals surface area contributed by atoms with Crippen LogP contribution in [0.25, 0.3) is 21.7 Å². The van der Waals surface area contributed by atoms with Crippen LogP contribution in [-0.4, -0.2) is 34.6 Å². The molecule has 1 unspecified atom stereocenters. The number of aromatic nitrogens is 6. The summed E-state index contributed by atoms with van der Waals surface area (Å²) in [6, 6.07) is 1.00. The first kappa shape index (κ1) is 20.9. The molecule has 0 bridgehead atoms. The molecule has 0 aromatic carbocycles.